The van der Waals surface area contributed by atoms with Gasteiger partial charge in [-0.05, 0) is 43.9 Å². The third-order valence-electron chi connectivity index (χ3n) is 4.01. The maximum atomic E-state index is 9.30. The number of aromatic nitrogens is 1. The smallest absolute Gasteiger partial charge is 0.133 e. The second kappa shape index (κ2) is 6.90. The van der Waals surface area contributed by atoms with E-state index in [-0.39, 0.29) is 5.75 Å². The van der Waals surface area contributed by atoms with Gasteiger partial charge in [0.05, 0.1) is 11.9 Å². The van der Waals surface area contributed by atoms with E-state index in [0.717, 1.165) is 30.7 Å². The van der Waals surface area contributed by atoms with Crippen molar-refractivity contribution in [3.05, 3.63) is 24.0 Å². The molecule has 1 aromatic rings. The highest BCUT2D eigenvalue weighted by Crippen LogP contribution is 2.25. The number of rotatable bonds is 6. The molecule has 1 aliphatic carbocycles. The molecule has 3 nitrogen and oxygen atoms in total. The molecular weight excluding hydrogens is 236 g/mol. The SMILES string of the molecule is CC(C)CCN(Cc1ccc(O)cn1)C1CCCC1. The van der Waals surface area contributed by atoms with Crippen LogP contribution in [0, 0.1) is 5.92 Å². The average molecular weight is 262 g/mol. The number of hydrogen-bond acceptors (Lipinski definition) is 3. The van der Waals surface area contributed by atoms with Gasteiger partial charge in [-0.2, -0.15) is 0 Å². The summed E-state index contributed by atoms with van der Waals surface area (Å²) in [7, 11) is 0. The van der Waals surface area contributed by atoms with Gasteiger partial charge < -0.3 is 5.11 Å². The van der Waals surface area contributed by atoms with Gasteiger partial charge in [-0.25, -0.2) is 0 Å². The maximum Gasteiger partial charge on any atom is 0.133 e. The van der Waals surface area contributed by atoms with E-state index in [1.807, 2.05) is 6.07 Å². The van der Waals surface area contributed by atoms with Crippen LogP contribution < -0.4 is 0 Å². The summed E-state index contributed by atoms with van der Waals surface area (Å²) in [6, 6.07) is 4.40. The minimum Gasteiger partial charge on any atom is -0.506 e. The van der Waals surface area contributed by atoms with Crippen molar-refractivity contribution in [3.63, 3.8) is 0 Å². The Morgan fingerprint density at radius 1 is 1.32 bits per heavy atom. The largest absolute Gasteiger partial charge is 0.506 e. The van der Waals surface area contributed by atoms with Crippen LogP contribution in [0.4, 0.5) is 0 Å². The van der Waals surface area contributed by atoms with Gasteiger partial charge in [-0.15, -0.1) is 0 Å². The molecule has 0 atom stereocenters. The van der Waals surface area contributed by atoms with Crippen molar-refractivity contribution in [1.29, 1.82) is 0 Å². The fraction of sp³-hybridized carbons (Fsp3) is 0.688. The van der Waals surface area contributed by atoms with Crippen LogP contribution in [0.1, 0.15) is 51.6 Å². The van der Waals surface area contributed by atoms with E-state index in [2.05, 4.69) is 23.7 Å². The Kier molecular flexibility index (Phi) is 5.20. The second-order valence-electron chi connectivity index (χ2n) is 6.10. The minimum atomic E-state index is 0.248. The van der Waals surface area contributed by atoms with Gasteiger partial charge in [0.25, 0.3) is 0 Å². The molecular formula is C16H26N2O. The van der Waals surface area contributed by atoms with Crippen LogP contribution in [0.25, 0.3) is 0 Å². The van der Waals surface area contributed by atoms with Crippen molar-refractivity contribution < 1.29 is 5.11 Å². The molecule has 0 bridgehead atoms. The molecule has 0 unspecified atom stereocenters. The van der Waals surface area contributed by atoms with Crippen molar-refractivity contribution in [1.82, 2.24) is 9.88 Å². The molecule has 0 saturated heterocycles. The number of nitrogens with zero attached hydrogens (tertiary/aromatic N) is 2. The first-order valence-electron chi connectivity index (χ1n) is 7.53. The lowest BCUT2D eigenvalue weighted by Gasteiger charge is -2.29. The van der Waals surface area contributed by atoms with E-state index in [4.69, 9.17) is 0 Å². The fourth-order valence-electron chi connectivity index (χ4n) is 2.80. The van der Waals surface area contributed by atoms with Crippen molar-refractivity contribution in [2.24, 2.45) is 5.92 Å². The van der Waals surface area contributed by atoms with Crippen molar-refractivity contribution in [2.75, 3.05) is 6.54 Å². The summed E-state index contributed by atoms with van der Waals surface area (Å²) in [5.41, 5.74) is 1.06. The van der Waals surface area contributed by atoms with Crippen LogP contribution in [-0.2, 0) is 6.54 Å². The third-order valence-corrected chi connectivity index (χ3v) is 4.01. The summed E-state index contributed by atoms with van der Waals surface area (Å²) in [6.45, 7) is 6.64. The number of aromatic hydroxyl groups is 1. The summed E-state index contributed by atoms with van der Waals surface area (Å²) in [5, 5.41) is 9.30. The van der Waals surface area contributed by atoms with Crippen LogP contribution in [0.15, 0.2) is 18.3 Å². The maximum absolute atomic E-state index is 9.30. The summed E-state index contributed by atoms with van der Waals surface area (Å²) in [5.74, 6) is 0.995. The first kappa shape index (κ1) is 14.3. The lowest BCUT2D eigenvalue weighted by atomic mass is 10.1. The lowest BCUT2D eigenvalue weighted by Crippen LogP contribution is -2.34. The molecule has 19 heavy (non-hydrogen) atoms. The molecule has 0 amide bonds. The molecule has 0 aliphatic heterocycles. The fourth-order valence-corrected chi connectivity index (χ4v) is 2.80. The predicted octanol–water partition coefficient (Wildman–Crippen LogP) is 3.58. The monoisotopic (exact) mass is 262 g/mol. The topological polar surface area (TPSA) is 36.4 Å². The molecule has 1 heterocycles. The molecule has 1 saturated carbocycles. The van der Waals surface area contributed by atoms with E-state index >= 15 is 0 Å². The first-order valence-corrected chi connectivity index (χ1v) is 7.53. The summed E-state index contributed by atoms with van der Waals surface area (Å²) in [4.78, 5) is 6.91. The standard InChI is InChI=1S/C16H26N2O/c1-13(2)9-10-18(15-5-3-4-6-15)12-14-7-8-16(19)11-17-14/h7-8,11,13,15,19H,3-6,9-10,12H2,1-2H3. The highest BCUT2D eigenvalue weighted by Gasteiger charge is 2.22. The number of pyridine rings is 1. The highest BCUT2D eigenvalue weighted by molar-refractivity contribution is 5.17. The van der Waals surface area contributed by atoms with Crippen molar-refractivity contribution in [3.8, 4) is 5.75 Å². The lowest BCUT2D eigenvalue weighted by molar-refractivity contribution is 0.177. The van der Waals surface area contributed by atoms with Gasteiger partial charge in [0, 0.05) is 12.6 Å². The Morgan fingerprint density at radius 2 is 2.05 bits per heavy atom. The van der Waals surface area contributed by atoms with Gasteiger partial charge in [0.15, 0.2) is 0 Å². The van der Waals surface area contributed by atoms with Crippen LogP contribution >= 0.6 is 0 Å². The normalized spacial score (nSPS) is 16.6. The van der Waals surface area contributed by atoms with Gasteiger partial charge in [-0.3, -0.25) is 9.88 Å². The molecule has 106 valence electrons. The Balaban J connectivity index is 1.97. The van der Waals surface area contributed by atoms with Crippen LogP contribution in [-0.4, -0.2) is 27.6 Å². The van der Waals surface area contributed by atoms with Crippen LogP contribution in [0.2, 0.25) is 0 Å². The van der Waals surface area contributed by atoms with Gasteiger partial charge in [0.2, 0.25) is 0 Å². The van der Waals surface area contributed by atoms with Crippen molar-refractivity contribution in [2.45, 2.75) is 58.5 Å². The average Bonchev–Trinajstić information content (AvgIpc) is 2.90. The third kappa shape index (κ3) is 4.50. The van der Waals surface area contributed by atoms with Crippen molar-refractivity contribution >= 4 is 0 Å². The van der Waals surface area contributed by atoms with Crippen LogP contribution in [0.3, 0.4) is 0 Å². The molecule has 1 N–H and O–H groups in total. The second-order valence-corrected chi connectivity index (χ2v) is 6.10. The van der Waals surface area contributed by atoms with Gasteiger partial charge in [-0.1, -0.05) is 26.7 Å². The highest BCUT2D eigenvalue weighted by atomic mass is 16.3. The van der Waals surface area contributed by atoms with Gasteiger partial charge in [0.1, 0.15) is 5.75 Å². The molecule has 0 spiro atoms. The zero-order chi connectivity index (χ0) is 13.7. The minimum absolute atomic E-state index is 0.248. The molecule has 0 radical (unpaired) electrons. The van der Waals surface area contributed by atoms with E-state index in [1.165, 1.54) is 32.1 Å². The molecule has 1 fully saturated rings. The molecule has 1 aromatic heterocycles. The zero-order valence-electron chi connectivity index (χ0n) is 12.2. The molecule has 1 aliphatic rings. The van der Waals surface area contributed by atoms with E-state index < -0.39 is 0 Å². The summed E-state index contributed by atoms with van der Waals surface area (Å²) >= 11 is 0. The zero-order valence-corrected chi connectivity index (χ0v) is 12.2. The molecule has 2 rings (SSSR count). The molecule has 0 aromatic carbocycles. The van der Waals surface area contributed by atoms with Gasteiger partial charge >= 0.3 is 0 Å². The predicted molar refractivity (Wildman–Crippen MR) is 78.0 cm³/mol. The first-order chi connectivity index (χ1) is 9.15. The Hall–Kier alpha value is -1.09. The van der Waals surface area contributed by atoms with E-state index in [9.17, 15) is 5.11 Å². The van der Waals surface area contributed by atoms with E-state index in [0.29, 0.717) is 0 Å². The Labute approximate surface area is 116 Å². The van der Waals surface area contributed by atoms with E-state index in [1.54, 1.807) is 12.3 Å². The van der Waals surface area contributed by atoms with Crippen LogP contribution in [0.5, 0.6) is 5.75 Å². The molecule has 3 heteroatoms. The summed E-state index contributed by atoms with van der Waals surface area (Å²) in [6.07, 6.45) is 8.18. The number of hydrogen-bond donors (Lipinski definition) is 1. The Morgan fingerprint density at radius 3 is 2.63 bits per heavy atom. The Bertz CT molecular complexity index is 369. The summed E-state index contributed by atoms with van der Waals surface area (Å²) < 4.78 is 0. The quantitative estimate of drug-likeness (QED) is 0.851.